The molecular weight excluding hydrogens is 578 g/mol. The Morgan fingerprint density at radius 3 is 2.28 bits per heavy atom. The van der Waals surface area contributed by atoms with Gasteiger partial charge in [-0.15, -0.1) is 12.4 Å². The minimum Gasteiger partial charge on any atom is -0.486 e. The maximum atomic E-state index is 13.7. The second-order valence-corrected chi connectivity index (χ2v) is 10.9. The summed E-state index contributed by atoms with van der Waals surface area (Å²) in [5.41, 5.74) is 1.62. The van der Waals surface area contributed by atoms with Crippen molar-refractivity contribution in [1.82, 2.24) is 10.2 Å². The van der Waals surface area contributed by atoms with E-state index in [4.69, 9.17) is 18.9 Å². The van der Waals surface area contributed by atoms with Crippen LogP contribution in [0.3, 0.4) is 0 Å². The zero-order valence-corrected chi connectivity index (χ0v) is 25.9. The van der Waals surface area contributed by atoms with Crippen molar-refractivity contribution in [1.29, 1.82) is 0 Å². The monoisotopic (exact) mass is 615 g/mol. The number of esters is 2. The topological polar surface area (TPSA) is 129 Å². The molecule has 3 unspecified atom stereocenters. The molecule has 3 atom stereocenters. The Balaban J connectivity index is 0.00000506. The molecule has 0 bridgehead atoms. The third-order valence-corrected chi connectivity index (χ3v) is 6.92. The number of halogens is 1. The van der Waals surface area contributed by atoms with Crippen molar-refractivity contribution in [2.75, 3.05) is 26.7 Å². The summed E-state index contributed by atoms with van der Waals surface area (Å²) in [4.78, 5) is 40.0. The van der Waals surface area contributed by atoms with Crippen molar-refractivity contribution in [3.63, 3.8) is 0 Å². The summed E-state index contributed by atoms with van der Waals surface area (Å²) >= 11 is 0. The zero-order chi connectivity index (χ0) is 30.6. The SMILES string of the molecule is CC1=C(C(=O)OC(C)C)C(c2cccc([N+](=O)[O-])c2)C(C(=O)OC(C)CN(C)CC2COc3ccccc3O2)=C(C)N1.Cl. The number of rotatable bonds is 10. The number of allylic oxidation sites excluding steroid dienone is 2. The average Bonchev–Trinajstić information content (AvgIpc) is 2.91. The van der Waals surface area contributed by atoms with E-state index in [1.54, 1.807) is 40.7 Å². The lowest BCUT2D eigenvalue weighted by Gasteiger charge is -2.32. The molecule has 2 aromatic rings. The number of non-ortho nitro benzene ring substituents is 1. The first-order chi connectivity index (χ1) is 19.9. The fourth-order valence-corrected chi connectivity index (χ4v) is 5.26. The Hall–Kier alpha value is -4.09. The van der Waals surface area contributed by atoms with Crippen LogP contribution in [0.5, 0.6) is 11.5 Å². The number of para-hydroxylation sites is 2. The fraction of sp³-hybridized carbons (Fsp3) is 0.419. The molecule has 0 amide bonds. The second kappa shape index (κ2) is 14.4. The molecule has 4 rings (SSSR count). The number of carbonyl (C=O) groups excluding carboxylic acids is 2. The number of nitrogens with zero attached hydrogens (tertiary/aromatic N) is 2. The molecule has 2 aliphatic rings. The minimum absolute atomic E-state index is 0. The zero-order valence-electron chi connectivity index (χ0n) is 25.1. The highest BCUT2D eigenvalue weighted by atomic mass is 35.5. The standard InChI is InChI=1S/C31H37N3O8.ClH/c1-18(2)40-30(35)27-20(4)32-21(5)28(29(27)22-10-9-11-23(14-22)34(37)38)31(36)41-19(3)15-33(6)16-24-17-39-25-12-7-8-13-26(25)42-24;/h7-14,18-19,24,29,32H,15-17H2,1-6H3;1H. The largest absolute Gasteiger partial charge is 0.486 e. The van der Waals surface area contributed by atoms with E-state index in [1.807, 2.05) is 36.2 Å². The van der Waals surface area contributed by atoms with Crippen LogP contribution >= 0.6 is 12.4 Å². The predicted octanol–water partition coefficient (Wildman–Crippen LogP) is 4.91. The first kappa shape index (κ1) is 33.4. The summed E-state index contributed by atoms with van der Waals surface area (Å²) in [5, 5.41) is 14.7. The van der Waals surface area contributed by atoms with Crippen molar-refractivity contribution < 1.29 is 33.5 Å². The quantitative estimate of drug-likeness (QED) is 0.224. The van der Waals surface area contributed by atoms with Crippen LogP contribution in [0.4, 0.5) is 5.69 Å². The molecule has 2 aliphatic heterocycles. The number of nitro benzene ring substituents is 1. The van der Waals surface area contributed by atoms with Crippen molar-refractivity contribution in [2.24, 2.45) is 0 Å². The molecule has 0 spiro atoms. The number of hydrogen-bond acceptors (Lipinski definition) is 10. The number of likely N-dealkylation sites (N-methyl/N-ethyl adjacent to an activating group) is 1. The molecule has 0 fully saturated rings. The van der Waals surface area contributed by atoms with E-state index in [2.05, 4.69) is 5.32 Å². The molecule has 232 valence electrons. The van der Waals surface area contributed by atoms with E-state index in [9.17, 15) is 19.7 Å². The maximum absolute atomic E-state index is 13.7. The minimum atomic E-state index is -0.928. The molecule has 0 saturated heterocycles. The van der Waals surface area contributed by atoms with Crippen molar-refractivity contribution in [2.45, 2.75) is 58.8 Å². The molecule has 2 aromatic carbocycles. The highest BCUT2D eigenvalue weighted by Crippen LogP contribution is 2.40. The van der Waals surface area contributed by atoms with Gasteiger partial charge in [0.2, 0.25) is 0 Å². The molecule has 43 heavy (non-hydrogen) atoms. The normalized spacial score (nSPS) is 18.5. The van der Waals surface area contributed by atoms with E-state index in [0.717, 1.165) is 0 Å². The Bertz CT molecular complexity index is 1420. The Morgan fingerprint density at radius 2 is 1.65 bits per heavy atom. The van der Waals surface area contributed by atoms with E-state index < -0.39 is 35.0 Å². The summed E-state index contributed by atoms with van der Waals surface area (Å²) < 4.78 is 23.2. The number of dihydropyridines is 1. The van der Waals surface area contributed by atoms with Crippen LogP contribution in [-0.2, 0) is 19.1 Å². The first-order valence-electron chi connectivity index (χ1n) is 13.9. The van der Waals surface area contributed by atoms with Crippen molar-refractivity contribution in [3.8, 4) is 11.5 Å². The van der Waals surface area contributed by atoms with Gasteiger partial charge in [-0.3, -0.25) is 15.0 Å². The number of ether oxygens (including phenoxy) is 4. The molecule has 0 saturated carbocycles. The third kappa shape index (κ3) is 8.05. The maximum Gasteiger partial charge on any atom is 0.337 e. The molecule has 0 radical (unpaired) electrons. The molecule has 1 N–H and O–H groups in total. The molecule has 0 aromatic heterocycles. The average molecular weight is 616 g/mol. The van der Waals surface area contributed by atoms with Gasteiger partial charge in [0.1, 0.15) is 18.8 Å². The lowest BCUT2D eigenvalue weighted by molar-refractivity contribution is -0.384. The number of carbonyl (C=O) groups is 2. The Kier molecular flexibility index (Phi) is 11.2. The number of nitrogens with one attached hydrogen (secondary N) is 1. The summed E-state index contributed by atoms with van der Waals surface area (Å²) in [6.07, 6.45) is -1.13. The number of nitro groups is 1. The van der Waals surface area contributed by atoms with Gasteiger partial charge < -0.3 is 24.3 Å². The van der Waals surface area contributed by atoms with Crippen LogP contribution in [0, 0.1) is 10.1 Å². The van der Waals surface area contributed by atoms with Gasteiger partial charge in [0.05, 0.1) is 28.1 Å². The Labute approximate surface area is 257 Å². The van der Waals surface area contributed by atoms with Gasteiger partial charge in [-0.2, -0.15) is 0 Å². The van der Waals surface area contributed by atoms with Crippen LogP contribution in [0.15, 0.2) is 71.1 Å². The van der Waals surface area contributed by atoms with Crippen LogP contribution in [0.1, 0.15) is 46.1 Å². The van der Waals surface area contributed by atoms with Gasteiger partial charge in [-0.25, -0.2) is 9.59 Å². The smallest absolute Gasteiger partial charge is 0.337 e. The van der Waals surface area contributed by atoms with Crippen LogP contribution in [0.25, 0.3) is 0 Å². The van der Waals surface area contributed by atoms with E-state index in [0.29, 0.717) is 48.2 Å². The molecule has 12 heteroatoms. The van der Waals surface area contributed by atoms with Gasteiger partial charge in [-0.05, 0) is 59.4 Å². The molecular formula is C31H38ClN3O8. The highest BCUT2D eigenvalue weighted by Gasteiger charge is 2.39. The summed E-state index contributed by atoms with van der Waals surface area (Å²) in [7, 11) is 1.90. The summed E-state index contributed by atoms with van der Waals surface area (Å²) in [6, 6.07) is 13.4. The molecule has 0 aliphatic carbocycles. The van der Waals surface area contributed by atoms with Crippen LogP contribution in [-0.4, -0.2) is 66.8 Å². The van der Waals surface area contributed by atoms with E-state index in [-0.39, 0.29) is 35.3 Å². The number of benzene rings is 2. The summed E-state index contributed by atoms with van der Waals surface area (Å²) in [6.45, 7) is 10.0. The predicted molar refractivity (Wildman–Crippen MR) is 162 cm³/mol. The first-order valence-corrected chi connectivity index (χ1v) is 13.9. The number of fused-ring (bicyclic) bond motifs is 1. The second-order valence-electron chi connectivity index (χ2n) is 10.9. The van der Waals surface area contributed by atoms with Gasteiger partial charge in [0.15, 0.2) is 11.5 Å². The molecule has 11 nitrogen and oxygen atoms in total. The van der Waals surface area contributed by atoms with Crippen LogP contribution in [0.2, 0.25) is 0 Å². The summed E-state index contributed by atoms with van der Waals surface area (Å²) in [5.74, 6) is -0.777. The lowest BCUT2D eigenvalue weighted by Crippen LogP contribution is -2.42. The van der Waals surface area contributed by atoms with Gasteiger partial charge in [-0.1, -0.05) is 24.3 Å². The van der Waals surface area contributed by atoms with Crippen molar-refractivity contribution in [3.05, 3.63) is 86.7 Å². The van der Waals surface area contributed by atoms with E-state index >= 15 is 0 Å². The Morgan fingerprint density at radius 1 is 1.02 bits per heavy atom. The van der Waals surface area contributed by atoms with Gasteiger partial charge >= 0.3 is 11.9 Å². The fourth-order valence-electron chi connectivity index (χ4n) is 5.26. The van der Waals surface area contributed by atoms with Crippen LogP contribution < -0.4 is 14.8 Å². The molecule has 2 heterocycles. The van der Waals surface area contributed by atoms with Crippen molar-refractivity contribution >= 4 is 30.0 Å². The highest BCUT2D eigenvalue weighted by molar-refractivity contribution is 6.00. The third-order valence-electron chi connectivity index (χ3n) is 6.92. The lowest BCUT2D eigenvalue weighted by atomic mass is 9.80. The van der Waals surface area contributed by atoms with Gasteiger partial charge in [0.25, 0.3) is 5.69 Å². The van der Waals surface area contributed by atoms with E-state index in [1.165, 1.54) is 18.2 Å². The number of hydrogen-bond donors (Lipinski definition) is 1. The van der Waals surface area contributed by atoms with Gasteiger partial charge in [0, 0.05) is 36.6 Å².